The van der Waals surface area contributed by atoms with E-state index in [0.29, 0.717) is 16.6 Å². The van der Waals surface area contributed by atoms with Crippen molar-refractivity contribution >= 4 is 23.2 Å². The first-order chi connectivity index (χ1) is 14.2. The van der Waals surface area contributed by atoms with Crippen molar-refractivity contribution in [3.63, 3.8) is 0 Å². The van der Waals surface area contributed by atoms with Crippen LogP contribution in [0.25, 0.3) is 0 Å². The fourth-order valence-electron chi connectivity index (χ4n) is 3.78. The Morgan fingerprint density at radius 1 is 1.13 bits per heavy atom. The molecule has 3 heterocycles. The van der Waals surface area contributed by atoms with Crippen LogP contribution in [-0.4, -0.2) is 26.0 Å². The van der Waals surface area contributed by atoms with Crippen LogP contribution in [-0.2, 0) is 31.5 Å². The Balaban J connectivity index is 1.50. The van der Waals surface area contributed by atoms with E-state index in [1.54, 1.807) is 0 Å². The van der Waals surface area contributed by atoms with Gasteiger partial charge in [-0.1, -0.05) is 50.0 Å². The van der Waals surface area contributed by atoms with Crippen molar-refractivity contribution in [2.45, 2.75) is 52.2 Å². The number of hydrogen-bond donors (Lipinski definition) is 1. The number of H-pyrrole nitrogens is 1. The molecule has 158 valence electrons. The summed E-state index contributed by atoms with van der Waals surface area (Å²) < 4.78 is 2.21. The Bertz CT molecular complexity index is 1130. The van der Waals surface area contributed by atoms with Crippen LogP contribution in [0.4, 0.5) is 0 Å². The minimum absolute atomic E-state index is 0.0131. The van der Waals surface area contributed by atoms with Crippen LogP contribution in [0.1, 0.15) is 49.1 Å². The Morgan fingerprint density at radius 3 is 2.67 bits per heavy atom. The quantitative estimate of drug-likeness (QED) is 0.629. The van der Waals surface area contributed by atoms with Crippen LogP contribution in [0.3, 0.4) is 0 Å². The fourth-order valence-corrected chi connectivity index (χ4v) is 4.10. The van der Waals surface area contributed by atoms with E-state index in [4.69, 9.17) is 28.2 Å². The summed E-state index contributed by atoms with van der Waals surface area (Å²) in [7, 11) is 0. The summed E-state index contributed by atoms with van der Waals surface area (Å²) in [4.78, 5) is 22.7. The summed E-state index contributed by atoms with van der Waals surface area (Å²) in [6, 6.07) is 9.90. The molecule has 3 aromatic rings. The third-order valence-electron chi connectivity index (χ3n) is 5.50. The summed E-state index contributed by atoms with van der Waals surface area (Å²) in [6.45, 7) is 9.18. The van der Waals surface area contributed by atoms with Crippen molar-refractivity contribution in [2.75, 3.05) is 6.54 Å². The SMILES string of the molecule is CC(C)(C)c1nc2c(c(=O)[nH]1)CN(Cc1cccn1Cc1ccc(Cl)c(Cl)c1)CC2. The van der Waals surface area contributed by atoms with Crippen molar-refractivity contribution in [3.8, 4) is 0 Å². The maximum atomic E-state index is 12.7. The van der Waals surface area contributed by atoms with Gasteiger partial charge in [-0.15, -0.1) is 0 Å². The van der Waals surface area contributed by atoms with Gasteiger partial charge < -0.3 is 9.55 Å². The highest BCUT2D eigenvalue weighted by atomic mass is 35.5. The van der Waals surface area contributed by atoms with Crippen molar-refractivity contribution in [3.05, 3.63) is 85.3 Å². The number of halogens is 2. The molecule has 1 aromatic carbocycles. The number of fused-ring (bicyclic) bond motifs is 1. The van der Waals surface area contributed by atoms with Crippen LogP contribution in [0.2, 0.25) is 10.0 Å². The molecule has 0 spiro atoms. The molecule has 0 unspecified atom stereocenters. The molecule has 0 saturated carbocycles. The number of nitrogens with zero attached hydrogens (tertiary/aromatic N) is 3. The zero-order chi connectivity index (χ0) is 21.5. The van der Waals surface area contributed by atoms with Crippen LogP contribution in [0.5, 0.6) is 0 Å². The Labute approximate surface area is 186 Å². The molecular formula is C23H26Cl2N4O. The molecule has 7 heteroatoms. The van der Waals surface area contributed by atoms with Gasteiger partial charge in [0.25, 0.3) is 5.56 Å². The minimum atomic E-state index is -0.170. The highest BCUT2D eigenvalue weighted by molar-refractivity contribution is 6.42. The van der Waals surface area contributed by atoms with Gasteiger partial charge in [0.1, 0.15) is 5.82 Å². The molecule has 1 N–H and O–H groups in total. The van der Waals surface area contributed by atoms with Gasteiger partial charge in [0.2, 0.25) is 0 Å². The average molecular weight is 445 g/mol. The lowest BCUT2D eigenvalue weighted by atomic mass is 9.95. The predicted octanol–water partition coefficient (Wildman–Crippen LogP) is 4.78. The number of benzene rings is 1. The van der Waals surface area contributed by atoms with Gasteiger partial charge >= 0.3 is 0 Å². The molecule has 0 bridgehead atoms. The van der Waals surface area contributed by atoms with Crippen LogP contribution in [0.15, 0.2) is 41.3 Å². The van der Waals surface area contributed by atoms with Crippen molar-refractivity contribution < 1.29 is 0 Å². The normalized spacial score (nSPS) is 14.7. The van der Waals surface area contributed by atoms with Gasteiger partial charge in [0.05, 0.1) is 21.3 Å². The summed E-state index contributed by atoms with van der Waals surface area (Å²) >= 11 is 12.2. The van der Waals surface area contributed by atoms with Crippen LogP contribution >= 0.6 is 23.2 Å². The summed E-state index contributed by atoms with van der Waals surface area (Å²) in [5, 5.41) is 1.13. The van der Waals surface area contributed by atoms with Crippen molar-refractivity contribution in [2.24, 2.45) is 0 Å². The van der Waals surface area contributed by atoms with Gasteiger partial charge in [0, 0.05) is 49.9 Å². The van der Waals surface area contributed by atoms with E-state index in [9.17, 15) is 4.79 Å². The molecule has 0 saturated heterocycles. The lowest BCUT2D eigenvalue weighted by molar-refractivity contribution is 0.235. The second kappa shape index (κ2) is 8.22. The number of aromatic amines is 1. The van der Waals surface area contributed by atoms with Crippen molar-refractivity contribution in [1.29, 1.82) is 0 Å². The Kier molecular flexibility index (Phi) is 5.80. The first-order valence-corrected chi connectivity index (χ1v) is 10.9. The highest BCUT2D eigenvalue weighted by Gasteiger charge is 2.25. The van der Waals surface area contributed by atoms with Gasteiger partial charge in [-0.05, 0) is 29.8 Å². The highest BCUT2D eigenvalue weighted by Crippen LogP contribution is 2.24. The van der Waals surface area contributed by atoms with Crippen molar-refractivity contribution in [1.82, 2.24) is 19.4 Å². The zero-order valence-corrected chi connectivity index (χ0v) is 19.0. The number of nitrogens with one attached hydrogen (secondary N) is 1. The first-order valence-electron chi connectivity index (χ1n) is 10.1. The minimum Gasteiger partial charge on any atom is -0.346 e. The van der Waals surface area contributed by atoms with Gasteiger partial charge in [-0.2, -0.15) is 0 Å². The summed E-state index contributed by atoms with van der Waals surface area (Å²) in [5.74, 6) is 0.759. The molecule has 0 atom stereocenters. The van der Waals surface area contributed by atoms with Crippen LogP contribution < -0.4 is 5.56 Å². The Morgan fingerprint density at radius 2 is 1.93 bits per heavy atom. The van der Waals surface area contributed by atoms with E-state index >= 15 is 0 Å². The molecule has 0 radical (unpaired) electrons. The predicted molar refractivity (Wildman–Crippen MR) is 121 cm³/mol. The Hall–Kier alpha value is -2.08. The molecule has 30 heavy (non-hydrogen) atoms. The molecular weight excluding hydrogens is 419 g/mol. The molecule has 0 fully saturated rings. The number of aromatic nitrogens is 3. The average Bonchev–Trinajstić information content (AvgIpc) is 3.11. The summed E-state index contributed by atoms with van der Waals surface area (Å²) in [5.41, 5.74) is 3.83. The van der Waals surface area contributed by atoms with Gasteiger partial charge in [-0.25, -0.2) is 4.98 Å². The van der Waals surface area contributed by atoms with E-state index in [-0.39, 0.29) is 11.0 Å². The van der Waals surface area contributed by atoms with Gasteiger partial charge in [0.15, 0.2) is 0 Å². The monoisotopic (exact) mass is 444 g/mol. The maximum Gasteiger partial charge on any atom is 0.255 e. The lowest BCUT2D eigenvalue weighted by Gasteiger charge is -2.29. The smallest absolute Gasteiger partial charge is 0.255 e. The van der Waals surface area contributed by atoms with Gasteiger partial charge in [-0.3, -0.25) is 9.69 Å². The van der Waals surface area contributed by atoms with Crippen LogP contribution in [0, 0.1) is 0 Å². The molecule has 5 nitrogen and oxygen atoms in total. The zero-order valence-electron chi connectivity index (χ0n) is 17.5. The third kappa shape index (κ3) is 4.48. The molecule has 1 aliphatic rings. The van der Waals surface area contributed by atoms with E-state index in [2.05, 4.69) is 53.6 Å². The number of hydrogen-bond acceptors (Lipinski definition) is 3. The molecule has 1 aliphatic heterocycles. The van der Waals surface area contributed by atoms with E-state index in [1.807, 2.05) is 18.2 Å². The number of rotatable bonds is 4. The topological polar surface area (TPSA) is 53.9 Å². The van der Waals surface area contributed by atoms with E-state index < -0.39 is 0 Å². The first kappa shape index (κ1) is 21.2. The maximum absolute atomic E-state index is 12.7. The molecule has 0 amide bonds. The standard InChI is InChI=1S/C23H26Cl2N4O/c1-23(2,3)22-26-20-8-10-28(14-17(20)21(30)27-22)13-16-5-4-9-29(16)12-15-6-7-18(24)19(25)11-15/h4-7,9,11H,8,10,12-14H2,1-3H3,(H,26,27,30). The molecule has 0 aliphatic carbocycles. The largest absolute Gasteiger partial charge is 0.346 e. The van der Waals surface area contributed by atoms with E-state index in [0.717, 1.165) is 48.7 Å². The molecule has 4 rings (SSSR count). The van der Waals surface area contributed by atoms with E-state index in [1.165, 1.54) is 5.69 Å². The lowest BCUT2D eigenvalue weighted by Crippen LogP contribution is -2.37. The summed E-state index contributed by atoms with van der Waals surface area (Å²) in [6.07, 6.45) is 2.86. The molecule has 2 aromatic heterocycles. The fraction of sp³-hybridized carbons (Fsp3) is 0.391. The second-order valence-corrected chi connectivity index (χ2v) is 9.74. The second-order valence-electron chi connectivity index (χ2n) is 8.93. The third-order valence-corrected chi connectivity index (χ3v) is 6.24.